The SMILES string of the molecule is O=C(CSCC(=O)Nc1ccc(F)cc1)NCC1CCCO1. The molecule has 0 saturated carbocycles. The molecule has 1 aliphatic rings. The molecule has 1 heterocycles. The highest BCUT2D eigenvalue weighted by molar-refractivity contribution is 8.00. The molecule has 1 saturated heterocycles. The van der Waals surface area contributed by atoms with Gasteiger partial charge in [0.1, 0.15) is 5.82 Å². The van der Waals surface area contributed by atoms with E-state index in [1.807, 2.05) is 0 Å². The molecule has 5 nitrogen and oxygen atoms in total. The Labute approximate surface area is 133 Å². The van der Waals surface area contributed by atoms with Crippen LogP contribution in [0.2, 0.25) is 0 Å². The molecule has 2 amide bonds. The summed E-state index contributed by atoms with van der Waals surface area (Å²) in [6.07, 6.45) is 2.14. The number of amides is 2. The lowest BCUT2D eigenvalue weighted by Gasteiger charge is -2.10. The molecule has 1 unspecified atom stereocenters. The topological polar surface area (TPSA) is 67.4 Å². The third-order valence-electron chi connectivity index (χ3n) is 3.15. The minimum absolute atomic E-state index is 0.102. The van der Waals surface area contributed by atoms with Crippen LogP contribution in [0.25, 0.3) is 0 Å². The van der Waals surface area contributed by atoms with E-state index >= 15 is 0 Å². The summed E-state index contributed by atoms with van der Waals surface area (Å²) in [5.41, 5.74) is 0.537. The number of hydrogen-bond acceptors (Lipinski definition) is 4. The van der Waals surface area contributed by atoms with E-state index in [1.165, 1.54) is 36.0 Å². The van der Waals surface area contributed by atoms with Crippen molar-refractivity contribution >= 4 is 29.3 Å². The molecule has 0 aromatic heterocycles. The molecular formula is C15H19FN2O3S. The molecule has 1 aromatic carbocycles. The van der Waals surface area contributed by atoms with Crippen LogP contribution in [0.5, 0.6) is 0 Å². The zero-order valence-corrected chi connectivity index (χ0v) is 13.0. The summed E-state index contributed by atoms with van der Waals surface area (Å²) < 4.78 is 18.1. The van der Waals surface area contributed by atoms with Crippen molar-refractivity contribution in [1.82, 2.24) is 5.32 Å². The maximum absolute atomic E-state index is 12.7. The van der Waals surface area contributed by atoms with Gasteiger partial charge in [-0.3, -0.25) is 9.59 Å². The first-order chi connectivity index (χ1) is 10.6. The predicted octanol–water partition coefficient (Wildman–Crippen LogP) is 1.79. The first kappa shape index (κ1) is 16.8. The zero-order valence-electron chi connectivity index (χ0n) is 12.1. The molecule has 0 aliphatic carbocycles. The van der Waals surface area contributed by atoms with Crippen LogP contribution in [-0.4, -0.2) is 42.6 Å². The van der Waals surface area contributed by atoms with E-state index in [9.17, 15) is 14.0 Å². The summed E-state index contributed by atoms with van der Waals surface area (Å²) in [5, 5.41) is 5.44. The monoisotopic (exact) mass is 326 g/mol. The molecule has 1 atom stereocenters. The second-order valence-electron chi connectivity index (χ2n) is 4.99. The molecule has 120 valence electrons. The fourth-order valence-corrected chi connectivity index (χ4v) is 2.70. The Morgan fingerprint density at radius 1 is 1.23 bits per heavy atom. The number of anilines is 1. The van der Waals surface area contributed by atoms with Crippen molar-refractivity contribution in [1.29, 1.82) is 0 Å². The molecule has 1 aromatic rings. The maximum Gasteiger partial charge on any atom is 0.234 e. The number of hydrogen-bond donors (Lipinski definition) is 2. The van der Waals surface area contributed by atoms with Gasteiger partial charge in [0.25, 0.3) is 0 Å². The number of rotatable bonds is 7. The first-order valence-electron chi connectivity index (χ1n) is 7.15. The van der Waals surface area contributed by atoms with Crippen molar-refractivity contribution in [2.45, 2.75) is 18.9 Å². The zero-order chi connectivity index (χ0) is 15.8. The standard InChI is InChI=1S/C15H19FN2O3S/c16-11-3-5-12(6-4-11)18-15(20)10-22-9-14(19)17-8-13-2-1-7-21-13/h3-6,13H,1-2,7-10H2,(H,17,19)(H,18,20). The van der Waals surface area contributed by atoms with Gasteiger partial charge in [0.2, 0.25) is 11.8 Å². The molecular weight excluding hydrogens is 307 g/mol. The highest BCUT2D eigenvalue weighted by Gasteiger charge is 2.16. The van der Waals surface area contributed by atoms with E-state index in [4.69, 9.17) is 4.74 Å². The third kappa shape index (κ3) is 6.03. The molecule has 0 bridgehead atoms. The largest absolute Gasteiger partial charge is 0.376 e. The van der Waals surface area contributed by atoms with E-state index in [0.717, 1.165) is 19.4 Å². The summed E-state index contributed by atoms with van der Waals surface area (Å²) in [5.74, 6) is -0.275. The number of carbonyl (C=O) groups is 2. The minimum atomic E-state index is -0.352. The minimum Gasteiger partial charge on any atom is -0.376 e. The number of benzene rings is 1. The molecule has 2 N–H and O–H groups in total. The van der Waals surface area contributed by atoms with Crippen LogP contribution >= 0.6 is 11.8 Å². The smallest absolute Gasteiger partial charge is 0.234 e. The molecule has 2 rings (SSSR count). The fraction of sp³-hybridized carbons (Fsp3) is 0.467. The summed E-state index contributed by atoms with van der Waals surface area (Å²) in [4.78, 5) is 23.3. The number of nitrogens with one attached hydrogen (secondary N) is 2. The molecule has 7 heteroatoms. The normalized spacial score (nSPS) is 17.2. The van der Waals surface area contributed by atoms with Crippen LogP contribution in [0.4, 0.5) is 10.1 Å². The summed E-state index contributed by atoms with van der Waals surface area (Å²) in [7, 11) is 0. The van der Waals surface area contributed by atoms with Crippen molar-refractivity contribution in [3.63, 3.8) is 0 Å². The van der Waals surface area contributed by atoms with Crippen molar-refractivity contribution in [2.75, 3.05) is 30.0 Å². The number of halogens is 1. The van der Waals surface area contributed by atoms with Crippen LogP contribution in [0.3, 0.4) is 0 Å². The Bertz CT molecular complexity index is 504. The number of ether oxygens (including phenoxy) is 1. The van der Waals surface area contributed by atoms with Gasteiger partial charge in [0.15, 0.2) is 0 Å². The Kier molecular flexibility index (Phi) is 6.67. The van der Waals surface area contributed by atoms with Crippen LogP contribution < -0.4 is 10.6 Å². The van der Waals surface area contributed by atoms with Gasteiger partial charge in [-0.1, -0.05) is 0 Å². The van der Waals surface area contributed by atoms with Gasteiger partial charge < -0.3 is 15.4 Å². The van der Waals surface area contributed by atoms with Gasteiger partial charge in [0.05, 0.1) is 17.6 Å². The molecule has 1 fully saturated rings. The van der Waals surface area contributed by atoms with Crippen LogP contribution in [0.15, 0.2) is 24.3 Å². The van der Waals surface area contributed by atoms with E-state index < -0.39 is 0 Å². The van der Waals surface area contributed by atoms with E-state index in [2.05, 4.69) is 10.6 Å². The predicted molar refractivity (Wildman–Crippen MR) is 84.3 cm³/mol. The number of carbonyl (C=O) groups excluding carboxylic acids is 2. The summed E-state index contributed by atoms with van der Waals surface area (Å²) in [6.45, 7) is 1.29. The second kappa shape index (κ2) is 8.75. The van der Waals surface area contributed by atoms with Crippen molar-refractivity contribution in [2.24, 2.45) is 0 Å². The first-order valence-corrected chi connectivity index (χ1v) is 8.30. The Morgan fingerprint density at radius 3 is 2.64 bits per heavy atom. The quantitative estimate of drug-likeness (QED) is 0.802. The van der Waals surface area contributed by atoms with Crippen molar-refractivity contribution < 1.29 is 18.7 Å². The van der Waals surface area contributed by atoms with Crippen LogP contribution in [-0.2, 0) is 14.3 Å². The summed E-state index contributed by atoms with van der Waals surface area (Å²) >= 11 is 1.24. The average molecular weight is 326 g/mol. The Morgan fingerprint density at radius 2 is 1.95 bits per heavy atom. The van der Waals surface area contributed by atoms with Crippen LogP contribution in [0.1, 0.15) is 12.8 Å². The van der Waals surface area contributed by atoms with Crippen molar-refractivity contribution in [3.05, 3.63) is 30.1 Å². The molecule has 0 radical (unpaired) electrons. The Hall–Kier alpha value is -1.60. The van der Waals surface area contributed by atoms with Gasteiger partial charge in [-0.05, 0) is 37.1 Å². The lowest BCUT2D eigenvalue weighted by Crippen LogP contribution is -2.33. The van der Waals surface area contributed by atoms with E-state index in [-0.39, 0.29) is 35.2 Å². The number of thioether (sulfide) groups is 1. The van der Waals surface area contributed by atoms with E-state index in [0.29, 0.717) is 12.2 Å². The van der Waals surface area contributed by atoms with Crippen molar-refractivity contribution in [3.8, 4) is 0 Å². The average Bonchev–Trinajstić information content (AvgIpc) is 3.01. The van der Waals surface area contributed by atoms with Gasteiger partial charge in [-0.2, -0.15) is 0 Å². The lowest BCUT2D eigenvalue weighted by molar-refractivity contribution is -0.119. The molecule has 1 aliphatic heterocycles. The third-order valence-corrected chi connectivity index (χ3v) is 4.08. The highest BCUT2D eigenvalue weighted by Crippen LogP contribution is 2.11. The van der Waals surface area contributed by atoms with Gasteiger partial charge >= 0.3 is 0 Å². The van der Waals surface area contributed by atoms with Crippen LogP contribution in [0, 0.1) is 5.82 Å². The van der Waals surface area contributed by atoms with Gasteiger partial charge in [-0.25, -0.2) is 4.39 Å². The fourth-order valence-electron chi connectivity index (χ4n) is 2.05. The summed E-state index contributed by atoms with van der Waals surface area (Å²) in [6, 6.07) is 5.54. The second-order valence-corrected chi connectivity index (χ2v) is 5.97. The van der Waals surface area contributed by atoms with E-state index in [1.54, 1.807) is 0 Å². The van der Waals surface area contributed by atoms with Gasteiger partial charge in [0, 0.05) is 18.8 Å². The molecule has 22 heavy (non-hydrogen) atoms. The highest BCUT2D eigenvalue weighted by atomic mass is 32.2. The molecule has 0 spiro atoms. The Balaban J connectivity index is 1.57. The lowest BCUT2D eigenvalue weighted by atomic mass is 10.2. The van der Waals surface area contributed by atoms with Gasteiger partial charge in [-0.15, -0.1) is 11.8 Å². The maximum atomic E-state index is 12.7.